The number of hydroxylamine groups is 2. The molecule has 5 rings (SSSR count). The van der Waals surface area contributed by atoms with E-state index in [1.165, 1.54) is 31.2 Å². The van der Waals surface area contributed by atoms with Crippen molar-refractivity contribution in [3.63, 3.8) is 0 Å². The van der Waals surface area contributed by atoms with Crippen LogP contribution in [-0.2, 0) is 6.42 Å². The van der Waals surface area contributed by atoms with Gasteiger partial charge in [0.1, 0.15) is 0 Å². The van der Waals surface area contributed by atoms with Crippen molar-refractivity contribution in [3.8, 4) is 0 Å². The Balaban J connectivity index is 1.65. The average Bonchev–Trinajstić information content (AvgIpc) is 2.42. The second-order valence-electron chi connectivity index (χ2n) is 7.19. The first-order valence-corrected chi connectivity index (χ1v) is 7.69. The molecule has 2 heterocycles. The van der Waals surface area contributed by atoms with E-state index in [9.17, 15) is 5.21 Å². The molecule has 2 nitrogen and oxygen atoms in total. The SMILES string of the molecule is C[C@]12C[C@H]3C[C@H](C[C@H](C3)N1O)[C@@H]2Cc1ccccc1. The number of hydrogen-bond donors (Lipinski definition) is 1. The molecule has 1 aromatic carbocycles. The van der Waals surface area contributed by atoms with Crippen molar-refractivity contribution in [2.24, 2.45) is 17.8 Å². The van der Waals surface area contributed by atoms with Gasteiger partial charge in [-0.15, -0.1) is 0 Å². The summed E-state index contributed by atoms with van der Waals surface area (Å²) in [6.45, 7) is 2.30. The third-order valence-electron chi connectivity index (χ3n) is 6.05. The summed E-state index contributed by atoms with van der Waals surface area (Å²) < 4.78 is 0. The lowest BCUT2D eigenvalue weighted by atomic mass is 9.53. The van der Waals surface area contributed by atoms with Crippen LogP contribution in [-0.4, -0.2) is 21.9 Å². The zero-order chi connectivity index (χ0) is 13.0. The minimum atomic E-state index is 0.0184. The molecule has 19 heavy (non-hydrogen) atoms. The molecular weight excluding hydrogens is 234 g/mol. The first kappa shape index (κ1) is 11.9. The topological polar surface area (TPSA) is 23.5 Å². The third kappa shape index (κ3) is 1.70. The zero-order valence-corrected chi connectivity index (χ0v) is 11.6. The first-order valence-electron chi connectivity index (χ1n) is 7.69. The summed E-state index contributed by atoms with van der Waals surface area (Å²) in [6.07, 6.45) is 6.14. The van der Waals surface area contributed by atoms with Gasteiger partial charge in [0.05, 0.1) is 0 Å². The molecule has 2 saturated carbocycles. The smallest absolute Gasteiger partial charge is 0.0472 e. The van der Waals surface area contributed by atoms with E-state index in [2.05, 4.69) is 37.3 Å². The fraction of sp³-hybridized carbons (Fsp3) is 0.647. The standard InChI is InChI=1S/C17H23NO/c1-17-11-13-7-14(10-15(8-13)18(17)19)16(17)9-12-5-3-2-4-6-12/h2-6,13-16,19H,7-11H2,1H3/t13-,14+,15-,16-,17+/m0/s1. The predicted molar refractivity (Wildman–Crippen MR) is 74.9 cm³/mol. The summed E-state index contributed by atoms with van der Waals surface area (Å²) in [5, 5.41) is 12.3. The van der Waals surface area contributed by atoms with Crippen molar-refractivity contribution in [3.05, 3.63) is 35.9 Å². The molecule has 5 atom stereocenters. The zero-order valence-electron chi connectivity index (χ0n) is 11.6. The second-order valence-corrected chi connectivity index (χ2v) is 7.19. The highest BCUT2D eigenvalue weighted by Crippen LogP contribution is 2.57. The van der Waals surface area contributed by atoms with E-state index >= 15 is 0 Å². The van der Waals surface area contributed by atoms with Crippen molar-refractivity contribution in [2.45, 2.75) is 50.6 Å². The van der Waals surface area contributed by atoms with Gasteiger partial charge in [-0.05, 0) is 62.3 Å². The monoisotopic (exact) mass is 257 g/mol. The molecule has 2 saturated heterocycles. The van der Waals surface area contributed by atoms with E-state index in [0.29, 0.717) is 12.0 Å². The van der Waals surface area contributed by atoms with Crippen LogP contribution in [0.1, 0.15) is 38.2 Å². The Morgan fingerprint density at radius 2 is 2.00 bits per heavy atom. The second kappa shape index (κ2) is 4.07. The van der Waals surface area contributed by atoms with E-state index in [4.69, 9.17) is 0 Å². The van der Waals surface area contributed by atoms with Gasteiger partial charge in [0.15, 0.2) is 0 Å². The van der Waals surface area contributed by atoms with Crippen molar-refractivity contribution < 1.29 is 5.21 Å². The highest BCUT2D eigenvalue weighted by Gasteiger charge is 2.58. The Labute approximate surface area is 115 Å². The Kier molecular flexibility index (Phi) is 2.55. The molecular formula is C17H23NO. The summed E-state index contributed by atoms with van der Waals surface area (Å²) in [5.74, 6) is 2.31. The molecule has 4 fully saturated rings. The summed E-state index contributed by atoms with van der Waals surface area (Å²) in [6, 6.07) is 11.2. The van der Waals surface area contributed by atoms with Crippen LogP contribution in [0, 0.1) is 17.8 Å². The molecule has 2 aliphatic heterocycles. The molecule has 4 aliphatic rings. The van der Waals surface area contributed by atoms with Gasteiger partial charge in [-0.25, -0.2) is 0 Å². The van der Waals surface area contributed by atoms with E-state index in [0.717, 1.165) is 18.3 Å². The number of piperidine rings is 2. The van der Waals surface area contributed by atoms with Crippen LogP contribution in [0.3, 0.4) is 0 Å². The highest BCUT2D eigenvalue weighted by molar-refractivity contribution is 5.19. The van der Waals surface area contributed by atoms with E-state index in [-0.39, 0.29) is 5.54 Å². The van der Waals surface area contributed by atoms with Crippen LogP contribution < -0.4 is 0 Å². The lowest BCUT2D eigenvalue weighted by molar-refractivity contribution is -0.292. The van der Waals surface area contributed by atoms with Crippen LogP contribution >= 0.6 is 0 Å². The molecule has 0 aromatic heterocycles. The number of rotatable bonds is 2. The Bertz CT molecular complexity index is 473. The van der Waals surface area contributed by atoms with Gasteiger partial charge >= 0.3 is 0 Å². The number of benzene rings is 1. The first-order chi connectivity index (χ1) is 9.17. The normalized spacial score (nSPS) is 44.7. The minimum Gasteiger partial charge on any atom is -0.313 e. The number of hydrogen-bond acceptors (Lipinski definition) is 2. The molecule has 1 aromatic rings. The summed E-state index contributed by atoms with van der Waals surface area (Å²) in [7, 11) is 0. The minimum absolute atomic E-state index is 0.0184. The van der Waals surface area contributed by atoms with Gasteiger partial charge in [-0.1, -0.05) is 30.3 Å². The van der Waals surface area contributed by atoms with Crippen molar-refractivity contribution in [1.29, 1.82) is 0 Å². The Hall–Kier alpha value is -0.860. The predicted octanol–water partition coefficient (Wildman–Crippen LogP) is 3.50. The van der Waals surface area contributed by atoms with Crippen LogP contribution in [0.5, 0.6) is 0 Å². The fourth-order valence-corrected chi connectivity index (χ4v) is 5.32. The maximum absolute atomic E-state index is 10.6. The Morgan fingerprint density at radius 1 is 1.21 bits per heavy atom. The van der Waals surface area contributed by atoms with Crippen molar-refractivity contribution >= 4 is 0 Å². The molecule has 4 bridgehead atoms. The summed E-state index contributed by atoms with van der Waals surface area (Å²) in [4.78, 5) is 0. The average molecular weight is 257 g/mol. The van der Waals surface area contributed by atoms with Gasteiger partial charge in [0.2, 0.25) is 0 Å². The molecule has 0 unspecified atom stereocenters. The third-order valence-corrected chi connectivity index (χ3v) is 6.05. The van der Waals surface area contributed by atoms with Gasteiger partial charge in [0, 0.05) is 11.6 Å². The van der Waals surface area contributed by atoms with Crippen LogP contribution in [0.25, 0.3) is 0 Å². The lowest BCUT2D eigenvalue weighted by Crippen LogP contribution is -2.68. The highest BCUT2D eigenvalue weighted by atomic mass is 16.5. The molecule has 0 spiro atoms. The summed E-state index contributed by atoms with van der Waals surface area (Å²) in [5.41, 5.74) is 1.44. The molecule has 102 valence electrons. The molecule has 0 radical (unpaired) electrons. The van der Waals surface area contributed by atoms with E-state index in [1.807, 2.05) is 0 Å². The summed E-state index contributed by atoms with van der Waals surface area (Å²) >= 11 is 0. The lowest BCUT2D eigenvalue weighted by Gasteiger charge is -2.63. The van der Waals surface area contributed by atoms with Gasteiger partial charge in [0.25, 0.3) is 0 Å². The molecule has 2 heteroatoms. The van der Waals surface area contributed by atoms with Crippen molar-refractivity contribution in [2.75, 3.05) is 0 Å². The van der Waals surface area contributed by atoms with Crippen LogP contribution in [0.2, 0.25) is 0 Å². The van der Waals surface area contributed by atoms with E-state index < -0.39 is 0 Å². The molecule has 0 amide bonds. The number of nitrogens with zero attached hydrogens (tertiary/aromatic N) is 1. The van der Waals surface area contributed by atoms with Gasteiger partial charge in [-0.3, -0.25) is 0 Å². The molecule has 2 aliphatic carbocycles. The van der Waals surface area contributed by atoms with Crippen LogP contribution in [0.15, 0.2) is 30.3 Å². The maximum atomic E-state index is 10.6. The quantitative estimate of drug-likeness (QED) is 0.876. The van der Waals surface area contributed by atoms with Gasteiger partial charge < -0.3 is 5.21 Å². The van der Waals surface area contributed by atoms with Gasteiger partial charge in [-0.2, -0.15) is 5.06 Å². The van der Waals surface area contributed by atoms with Crippen molar-refractivity contribution in [1.82, 2.24) is 5.06 Å². The largest absolute Gasteiger partial charge is 0.313 e. The molecule has 1 N–H and O–H groups in total. The van der Waals surface area contributed by atoms with Crippen LogP contribution in [0.4, 0.5) is 0 Å². The van der Waals surface area contributed by atoms with E-state index in [1.54, 1.807) is 5.06 Å². The Morgan fingerprint density at radius 3 is 2.79 bits per heavy atom. The fourth-order valence-electron chi connectivity index (χ4n) is 5.32. The maximum Gasteiger partial charge on any atom is 0.0472 e.